The fourth-order valence-electron chi connectivity index (χ4n) is 1.47. The van der Waals surface area contributed by atoms with E-state index in [1.165, 1.54) is 11.3 Å². The second-order valence-electron chi connectivity index (χ2n) is 3.32. The van der Waals surface area contributed by atoms with Crippen LogP contribution in [0.15, 0.2) is 18.2 Å². The summed E-state index contributed by atoms with van der Waals surface area (Å²) < 4.78 is 33.3. The van der Waals surface area contributed by atoms with Crippen LogP contribution in [0.5, 0.6) is 0 Å². The van der Waals surface area contributed by atoms with Gasteiger partial charge in [0.15, 0.2) is 3.95 Å². The standard InChI is InChI=1S/C9H9NO3S3.Na/c11-16(12,13)5-4-6-2-1-3-7-8(6)10-9(14)15-7;/h1-3H,4-5H2,(H,10,14)(H,11,12,13);/q;+1/p-1. The topological polar surface area (TPSA) is 73.0 Å². The molecule has 0 amide bonds. The Morgan fingerprint density at radius 1 is 1.41 bits per heavy atom. The SMILES string of the molecule is O=S(=O)([O-])CCc1cccc2sc(=S)[nH]c12.[Na+]. The number of fused-ring (bicyclic) bond motifs is 1. The molecule has 0 saturated carbocycles. The summed E-state index contributed by atoms with van der Waals surface area (Å²) in [5.41, 5.74) is 1.64. The first-order chi connectivity index (χ1) is 7.46. The first kappa shape index (κ1) is 15.3. The van der Waals surface area contributed by atoms with E-state index in [2.05, 4.69) is 4.98 Å². The molecule has 0 saturated heterocycles. The van der Waals surface area contributed by atoms with Gasteiger partial charge in [0.05, 0.1) is 20.3 Å². The first-order valence-electron chi connectivity index (χ1n) is 4.50. The Morgan fingerprint density at radius 3 is 2.76 bits per heavy atom. The number of nitrogens with one attached hydrogen (secondary N) is 1. The van der Waals surface area contributed by atoms with Gasteiger partial charge in [0, 0.05) is 5.75 Å². The maximum absolute atomic E-state index is 10.6. The van der Waals surface area contributed by atoms with E-state index < -0.39 is 10.1 Å². The molecule has 86 valence electrons. The van der Waals surface area contributed by atoms with E-state index in [1.807, 2.05) is 12.1 Å². The molecule has 1 aromatic carbocycles. The van der Waals surface area contributed by atoms with Gasteiger partial charge in [-0.2, -0.15) is 0 Å². The Balaban J connectivity index is 0.00000144. The van der Waals surface area contributed by atoms with Crippen molar-refractivity contribution in [1.82, 2.24) is 4.98 Å². The molecule has 1 heterocycles. The minimum atomic E-state index is -4.17. The number of aromatic amines is 1. The van der Waals surface area contributed by atoms with Crippen molar-refractivity contribution >= 4 is 43.9 Å². The second-order valence-corrected chi connectivity index (χ2v) is 6.56. The summed E-state index contributed by atoms with van der Waals surface area (Å²) in [7, 11) is -4.17. The fourth-order valence-corrected chi connectivity index (χ4v) is 3.10. The number of thiazole rings is 1. The predicted molar refractivity (Wildman–Crippen MR) is 65.3 cm³/mol. The van der Waals surface area contributed by atoms with E-state index in [0.29, 0.717) is 3.95 Å². The van der Waals surface area contributed by atoms with Crippen molar-refractivity contribution in [2.75, 3.05) is 5.75 Å². The molecule has 0 aliphatic heterocycles. The van der Waals surface area contributed by atoms with E-state index in [-0.39, 0.29) is 41.7 Å². The Morgan fingerprint density at radius 2 is 2.12 bits per heavy atom. The van der Waals surface area contributed by atoms with Gasteiger partial charge in [-0.05, 0) is 30.3 Å². The number of H-pyrrole nitrogens is 1. The summed E-state index contributed by atoms with van der Waals surface area (Å²) in [6, 6.07) is 5.53. The number of hydrogen-bond donors (Lipinski definition) is 1. The third kappa shape index (κ3) is 4.13. The number of benzene rings is 1. The Kier molecular flexibility index (Phi) is 5.33. The average molecular weight is 297 g/mol. The van der Waals surface area contributed by atoms with E-state index in [1.54, 1.807) is 6.07 Å². The molecule has 0 aliphatic carbocycles. The van der Waals surface area contributed by atoms with E-state index in [4.69, 9.17) is 12.2 Å². The molecule has 4 nitrogen and oxygen atoms in total. The van der Waals surface area contributed by atoms with Crippen LogP contribution in [0.25, 0.3) is 10.2 Å². The molecule has 0 fully saturated rings. The molecule has 8 heteroatoms. The zero-order chi connectivity index (χ0) is 11.8. The number of aryl methyl sites for hydroxylation is 1. The van der Waals surface area contributed by atoms with Crippen LogP contribution < -0.4 is 29.6 Å². The predicted octanol–water partition coefficient (Wildman–Crippen LogP) is -0.949. The number of para-hydroxylation sites is 1. The third-order valence-electron chi connectivity index (χ3n) is 2.16. The van der Waals surface area contributed by atoms with Gasteiger partial charge in [-0.25, -0.2) is 8.42 Å². The van der Waals surface area contributed by atoms with Crippen molar-refractivity contribution in [3.8, 4) is 0 Å². The van der Waals surface area contributed by atoms with Crippen molar-refractivity contribution in [2.24, 2.45) is 0 Å². The van der Waals surface area contributed by atoms with Crippen molar-refractivity contribution in [2.45, 2.75) is 6.42 Å². The number of hydrogen-bond acceptors (Lipinski definition) is 5. The summed E-state index contributed by atoms with van der Waals surface area (Å²) in [5.74, 6) is -0.386. The summed E-state index contributed by atoms with van der Waals surface area (Å²) >= 11 is 6.44. The molecule has 17 heavy (non-hydrogen) atoms. The zero-order valence-electron chi connectivity index (χ0n) is 9.10. The third-order valence-corrected chi connectivity index (χ3v) is 4.07. The summed E-state index contributed by atoms with van der Waals surface area (Å²) in [5, 5.41) is 0. The number of rotatable bonds is 3. The molecule has 0 atom stereocenters. The molecule has 2 rings (SSSR count). The Hall–Kier alpha value is 0.240. The van der Waals surface area contributed by atoms with Crippen LogP contribution >= 0.6 is 23.6 Å². The summed E-state index contributed by atoms with van der Waals surface area (Å²) in [6.07, 6.45) is 0.213. The molecule has 0 aliphatic rings. The quantitative estimate of drug-likeness (QED) is 0.450. The van der Waals surface area contributed by atoms with Crippen LogP contribution in [0, 0.1) is 3.95 Å². The van der Waals surface area contributed by atoms with Gasteiger partial charge in [0.25, 0.3) is 0 Å². The van der Waals surface area contributed by atoms with Crippen LogP contribution in [0.2, 0.25) is 0 Å². The van der Waals surface area contributed by atoms with Crippen LogP contribution in [-0.4, -0.2) is 23.7 Å². The zero-order valence-corrected chi connectivity index (χ0v) is 13.5. The Bertz CT molecular complexity index is 674. The van der Waals surface area contributed by atoms with Crippen LogP contribution in [0.4, 0.5) is 0 Å². The summed E-state index contributed by atoms with van der Waals surface area (Å²) in [6.45, 7) is 0. The molecule has 0 bridgehead atoms. The van der Waals surface area contributed by atoms with Crippen molar-refractivity contribution in [1.29, 1.82) is 0 Å². The van der Waals surface area contributed by atoms with E-state index >= 15 is 0 Å². The molecular formula is C9H8NNaO3S3. The monoisotopic (exact) mass is 297 g/mol. The number of aromatic nitrogens is 1. The normalized spacial score (nSPS) is 11.4. The summed E-state index contributed by atoms with van der Waals surface area (Å²) in [4.78, 5) is 3.00. The van der Waals surface area contributed by atoms with Gasteiger partial charge < -0.3 is 9.54 Å². The fraction of sp³-hybridized carbons (Fsp3) is 0.222. The average Bonchev–Trinajstić information content (AvgIpc) is 2.54. The first-order valence-corrected chi connectivity index (χ1v) is 7.30. The second kappa shape index (κ2) is 5.92. The van der Waals surface area contributed by atoms with Crippen molar-refractivity contribution < 1.29 is 42.5 Å². The molecule has 0 unspecified atom stereocenters. The largest absolute Gasteiger partial charge is 1.00 e. The molecular weight excluding hydrogens is 289 g/mol. The van der Waals surface area contributed by atoms with Crippen LogP contribution in [0.3, 0.4) is 0 Å². The molecule has 2 aromatic rings. The molecule has 1 aromatic heterocycles. The van der Waals surface area contributed by atoms with E-state index in [0.717, 1.165) is 15.8 Å². The van der Waals surface area contributed by atoms with Gasteiger partial charge >= 0.3 is 29.6 Å². The molecule has 0 radical (unpaired) electrons. The minimum Gasteiger partial charge on any atom is -0.748 e. The maximum atomic E-state index is 10.6. The minimum absolute atomic E-state index is 0. The molecule has 1 N–H and O–H groups in total. The van der Waals surface area contributed by atoms with Gasteiger partial charge in [0.2, 0.25) is 0 Å². The van der Waals surface area contributed by atoms with Gasteiger partial charge in [-0.3, -0.25) is 0 Å². The van der Waals surface area contributed by atoms with Crippen LogP contribution in [0.1, 0.15) is 5.56 Å². The Labute approximate surface area is 130 Å². The molecule has 0 spiro atoms. The van der Waals surface area contributed by atoms with Gasteiger partial charge in [-0.15, -0.1) is 11.3 Å². The van der Waals surface area contributed by atoms with Gasteiger partial charge in [0.1, 0.15) is 0 Å². The smallest absolute Gasteiger partial charge is 0.748 e. The van der Waals surface area contributed by atoms with Crippen molar-refractivity contribution in [3.63, 3.8) is 0 Å². The van der Waals surface area contributed by atoms with Crippen LogP contribution in [-0.2, 0) is 16.5 Å². The maximum Gasteiger partial charge on any atom is 1.00 e. The van der Waals surface area contributed by atoms with E-state index in [9.17, 15) is 13.0 Å². The van der Waals surface area contributed by atoms with Crippen molar-refractivity contribution in [3.05, 3.63) is 27.7 Å². The van der Waals surface area contributed by atoms with Gasteiger partial charge in [-0.1, -0.05) is 12.1 Å².